The van der Waals surface area contributed by atoms with E-state index in [1.807, 2.05) is 19.9 Å². The number of benzene rings is 1. The third kappa shape index (κ3) is 2.71. The lowest BCUT2D eigenvalue weighted by molar-refractivity contribution is 0.269. The van der Waals surface area contributed by atoms with Crippen LogP contribution in [0.25, 0.3) is 0 Å². The molecule has 90 valence electrons. The van der Waals surface area contributed by atoms with Gasteiger partial charge in [-0.15, -0.1) is 0 Å². The number of nitrogens with two attached hydrogens (primary N) is 1. The molecule has 0 fully saturated rings. The summed E-state index contributed by atoms with van der Waals surface area (Å²) in [6.07, 6.45) is 0. The molecular weight excluding hydrogens is 207 g/mol. The average Bonchev–Trinajstić information content (AvgIpc) is 2.26. The van der Waals surface area contributed by atoms with Crippen molar-refractivity contribution in [3.05, 3.63) is 29.6 Å². The largest absolute Gasteiger partial charge is 0.394 e. The molecule has 0 heterocycles. The lowest BCUT2D eigenvalue weighted by Gasteiger charge is -2.26. The van der Waals surface area contributed by atoms with E-state index in [4.69, 9.17) is 10.8 Å². The van der Waals surface area contributed by atoms with Crippen molar-refractivity contribution in [3.63, 3.8) is 0 Å². The van der Waals surface area contributed by atoms with E-state index in [1.165, 1.54) is 6.07 Å². The van der Waals surface area contributed by atoms with Gasteiger partial charge in [-0.1, -0.05) is 6.07 Å². The molecule has 4 heteroatoms. The monoisotopic (exact) mass is 226 g/mol. The first-order chi connectivity index (χ1) is 7.47. The Bertz CT molecular complexity index is 355. The Morgan fingerprint density at radius 2 is 2.06 bits per heavy atom. The zero-order chi connectivity index (χ0) is 12.3. The number of aliphatic hydroxyl groups excluding tert-OH is 1. The van der Waals surface area contributed by atoms with E-state index in [0.717, 1.165) is 5.56 Å². The van der Waals surface area contributed by atoms with E-state index in [0.29, 0.717) is 5.69 Å². The molecule has 1 rings (SSSR count). The molecule has 0 spiro atoms. The fourth-order valence-corrected chi connectivity index (χ4v) is 1.45. The minimum atomic E-state index is -0.308. The van der Waals surface area contributed by atoms with Gasteiger partial charge < -0.3 is 15.7 Å². The van der Waals surface area contributed by atoms with Crippen LogP contribution in [0.2, 0.25) is 0 Å². The van der Waals surface area contributed by atoms with Crippen molar-refractivity contribution >= 4 is 5.69 Å². The molecule has 0 amide bonds. The fraction of sp³-hybridized carbons (Fsp3) is 0.500. The SMILES string of the molecule is CC(CO)N(C)c1ccc([C@H](C)N)cc1F. The van der Waals surface area contributed by atoms with E-state index < -0.39 is 0 Å². The number of anilines is 1. The molecule has 3 N–H and O–H groups in total. The highest BCUT2D eigenvalue weighted by Crippen LogP contribution is 2.23. The Balaban J connectivity index is 2.99. The summed E-state index contributed by atoms with van der Waals surface area (Å²) >= 11 is 0. The van der Waals surface area contributed by atoms with Crippen molar-refractivity contribution in [1.29, 1.82) is 0 Å². The van der Waals surface area contributed by atoms with Crippen LogP contribution >= 0.6 is 0 Å². The van der Waals surface area contributed by atoms with Crippen molar-refractivity contribution < 1.29 is 9.50 Å². The molecule has 3 nitrogen and oxygen atoms in total. The van der Waals surface area contributed by atoms with Gasteiger partial charge in [-0.05, 0) is 31.5 Å². The lowest BCUT2D eigenvalue weighted by atomic mass is 10.1. The van der Waals surface area contributed by atoms with Crippen molar-refractivity contribution in [1.82, 2.24) is 0 Å². The summed E-state index contributed by atoms with van der Waals surface area (Å²) in [7, 11) is 1.75. The second-order valence-electron chi connectivity index (χ2n) is 4.14. The topological polar surface area (TPSA) is 49.5 Å². The van der Waals surface area contributed by atoms with Crippen LogP contribution in [0, 0.1) is 5.82 Å². The second-order valence-corrected chi connectivity index (χ2v) is 4.14. The van der Waals surface area contributed by atoms with Crippen LogP contribution in [-0.2, 0) is 0 Å². The first kappa shape index (κ1) is 12.9. The van der Waals surface area contributed by atoms with Crippen LogP contribution in [0.15, 0.2) is 18.2 Å². The van der Waals surface area contributed by atoms with E-state index >= 15 is 0 Å². The predicted octanol–water partition coefficient (Wildman–Crippen LogP) is 1.66. The Morgan fingerprint density at radius 1 is 1.44 bits per heavy atom. The second kappa shape index (κ2) is 5.27. The average molecular weight is 226 g/mol. The van der Waals surface area contributed by atoms with Gasteiger partial charge in [-0.2, -0.15) is 0 Å². The summed E-state index contributed by atoms with van der Waals surface area (Å²) in [5, 5.41) is 9.02. The third-order valence-electron chi connectivity index (χ3n) is 2.80. The summed E-state index contributed by atoms with van der Waals surface area (Å²) in [5.41, 5.74) is 6.92. The van der Waals surface area contributed by atoms with Crippen LogP contribution in [0.1, 0.15) is 25.5 Å². The van der Waals surface area contributed by atoms with Gasteiger partial charge in [0.25, 0.3) is 0 Å². The smallest absolute Gasteiger partial charge is 0.146 e. The van der Waals surface area contributed by atoms with Crippen LogP contribution in [0.3, 0.4) is 0 Å². The third-order valence-corrected chi connectivity index (χ3v) is 2.80. The Hall–Kier alpha value is -1.13. The van der Waals surface area contributed by atoms with Crippen LogP contribution in [0.4, 0.5) is 10.1 Å². The zero-order valence-corrected chi connectivity index (χ0v) is 9.94. The maximum Gasteiger partial charge on any atom is 0.146 e. The number of aliphatic hydroxyl groups is 1. The number of hydrogen-bond donors (Lipinski definition) is 2. The maximum absolute atomic E-state index is 13.8. The summed E-state index contributed by atoms with van der Waals surface area (Å²) < 4.78 is 13.8. The maximum atomic E-state index is 13.8. The molecule has 2 atom stereocenters. The van der Waals surface area contributed by atoms with E-state index in [2.05, 4.69) is 0 Å². The zero-order valence-electron chi connectivity index (χ0n) is 9.94. The highest BCUT2D eigenvalue weighted by Gasteiger charge is 2.14. The fourth-order valence-electron chi connectivity index (χ4n) is 1.45. The lowest BCUT2D eigenvalue weighted by Crippen LogP contribution is -2.32. The summed E-state index contributed by atoms with van der Waals surface area (Å²) in [5.74, 6) is -0.308. The summed E-state index contributed by atoms with van der Waals surface area (Å²) in [6, 6.07) is 4.66. The van der Waals surface area contributed by atoms with Gasteiger partial charge in [0.1, 0.15) is 5.82 Å². The number of halogens is 1. The van der Waals surface area contributed by atoms with E-state index in [9.17, 15) is 4.39 Å². The standard InChI is InChI=1S/C12H19FN2O/c1-8(7-16)15(3)12-5-4-10(9(2)14)6-11(12)13/h4-6,8-9,16H,7,14H2,1-3H3/t8?,9-/m0/s1. The molecule has 0 aliphatic rings. The highest BCUT2D eigenvalue weighted by molar-refractivity contribution is 5.49. The minimum absolute atomic E-state index is 0.00895. The Labute approximate surface area is 95.7 Å². The molecule has 0 aliphatic carbocycles. The molecule has 0 aliphatic heterocycles. The normalized spacial score (nSPS) is 14.6. The van der Waals surface area contributed by atoms with E-state index in [1.54, 1.807) is 18.0 Å². The highest BCUT2D eigenvalue weighted by atomic mass is 19.1. The predicted molar refractivity (Wildman–Crippen MR) is 64.0 cm³/mol. The van der Waals surface area contributed by atoms with Gasteiger partial charge in [0.05, 0.1) is 12.3 Å². The molecule has 1 unspecified atom stereocenters. The molecule has 0 radical (unpaired) electrons. The molecule has 0 saturated heterocycles. The number of likely N-dealkylation sites (N-methyl/N-ethyl adjacent to an activating group) is 1. The molecule has 1 aromatic carbocycles. The van der Waals surface area contributed by atoms with Crippen LogP contribution < -0.4 is 10.6 Å². The quantitative estimate of drug-likeness (QED) is 0.821. The first-order valence-corrected chi connectivity index (χ1v) is 5.36. The van der Waals surface area contributed by atoms with Crippen molar-refractivity contribution in [2.75, 3.05) is 18.6 Å². The van der Waals surface area contributed by atoms with Crippen molar-refractivity contribution in [2.24, 2.45) is 5.73 Å². The van der Waals surface area contributed by atoms with Gasteiger partial charge in [0.15, 0.2) is 0 Å². The van der Waals surface area contributed by atoms with Crippen LogP contribution in [-0.4, -0.2) is 24.8 Å². The molecule has 0 aromatic heterocycles. The molecule has 0 bridgehead atoms. The molecule has 0 saturated carbocycles. The van der Waals surface area contributed by atoms with Gasteiger partial charge >= 0.3 is 0 Å². The molecule has 1 aromatic rings. The summed E-state index contributed by atoms with van der Waals surface area (Å²) in [4.78, 5) is 1.71. The molecular formula is C12H19FN2O. The molecule has 16 heavy (non-hydrogen) atoms. The first-order valence-electron chi connectivity index (χ1n) is 5.36. The number of hydrogen-bond acceptors (Lipinski definition) is 3. The van der Waals surface area contributed by atoms with Gasteiger partial charge in [-0.25, -0.2) is 4.39 Å². The number of nitrogens with zero attached hydrogens (tertiary/aromatic N) is 1. The van der Waals surface area contributed by atoms with Crippen molar-refractivity contribution in [2.45, 2.75) is 25.9 Å². The van der Waals surface area contributed by atoms with Gasteiger partial charge in [0, 0.05) is 19.1 Å². The minimum Gasteiger partial charge on any atom is -0.394 e. The van der Waals surface area contributed by atoms with E-state index in [-0.39, 0.29) is 24.5 Å². The van der Waals surface area contributed by atoms with Gasteiger partial charge in [-0.3, -0.25) is 0 Å². The van der Waals surface area contributed by atoms with Crippen molar-refractivity contribution in [3.8, 4) is 0 Å². The van der Waals surface area contributed by atoms with Crippen LogP contribution in [0.5, 0.6) is 0 Å². The Kier molecular flexibility index (Phi) is 4.26. The number of rotatable bonds is 4. The Morgan fingerprint density at radius 3 is 2.50 bits per heavy atom. The summed E-state index contributed by atoms with van der Waals surface area (Å²) in [6.45, 7) is 3.64. The van der Waals surface area contributed by atoms with Gasteiger partial charge in [0.2, 0.25) is 0 Å².